The maximum Gasteiger partial charge on any atom is 0.171 e. The fraction of sp³-hybridized carbons (Fsp3) is 0.571. The fourth-order valence-electron chi connectivity index (χ4n) is 1.79. The Balaban J connectivity index is 2.48. The highest BCUT2D eigenvalue weighted by Crippen LogP contribution is 2.12. The van der Waals surface area contributed by atoms with E-state index in [-0.39, 0.29) is 12.3 Å². The van der Waals surface area contributed by atoms with Gasteiger partial charge in [-0.15, -0.1) is 0 Å². The van der Waals surface area contributed by atoms with Gasteiger partial charge < -0.3 is 19.7 Å². The second-order valence-corrected chi connectivity index (χ2v) is 4.57. The van der Waals surface area contributed by atoms with E-state index in [9.17, 15) is 0 Å². The second kappa shape index (κ2) is 7.36. The van der Waals surface area contributed by atoms with E-state index in [1.165, 1.54) is 11.3 Å². The van der Waals surface area contributed by atoms with Gasteiger partial charge in [0.2, 0.25) is 0 Å². The molecule has 0 saturated carbocycles. The maximum atomic E-state index is 5.21. The lowest BCUT2D eigenvalue weighted by Crippen LogP contribution is -2.39. The van der Waals surface area contributed by atoms with Gasteiger partial charge >= 0.3 is 0 Å². The normalized spacial score (nSPS) is 12.8. The van der Waals surface area contributed by atoms with Gasteiger partial charge in [0.15, 0.2) is 6.29 Å². The summed E-state index contributed by atoms with van der Waals surface area (Å²) < 4.78 is 10.4. The summed E-state index contributed by atoms with van der Waals surface area (Å²) in [4.78, 5) is 2.09. The molecule has 0 amide bonds. The van der Waals surface area contributed by atoms with E-state index < -0.39 is 0 Å². The zero-order valence-electron chi connectivity index (χ0n) is 11.9. The predicted octanol–water partition coefficient (Wildman–Crippen LogP) is 1.85. The Bertz CT molecular complexity index is 334. The van der Waals surface area contributed by atoms with Crippen LogP contribution in [0.3, 0.4) is 0 Å². The van der Waals surface area contributed by atoms with Crippen LogP contribution in [0.1, 0.15) is 12.5 Å². The molecule has 1 aromatic carbocycles. The number of hydrogen-bond donors (Lipinski definition) is 1. The van der Waals surface area contributed by atoms with E-state index in [0.717, 1.165) is 6.54 Å². The van der Waals surface area contributed by atoms with E-state index >= 15 is 0 Å². The molecule has 4 nitrogen and oxygen atoms in total. The first-order chi connectivity index (χ1) is 8.58. The van der Waals surface area contributed by atoms with Crippen LogP contribution in [0.15, 0.2) is 24.3 Å². The third-order valence-electron chi connectivity index (χ3n) is 2.95. The molecule has 1 N–H and O–H groups in total. The molecule has 4 heteroatoms. The van der Waals surface area contributed by atoms with E-state index in [0.29, 0.717) is 0 Å². The molecule has 0 heterocycles. The third-order valence-corrected chi connectivity index (χ3v) is 2.95. The molecular formula is C14H24N2O2. The predicted molar refractivity (Wildman–Crippen MR) is 74.9 cm³/mol. The van der Waals surface area contributed by atoms with Gasteiger partial charge in [0.25, 0.3) is 0 Å². The number of nitrogens with one attached hydrogen (secondary N) is 1. The minimum absolute atomic E-state index is 0.147. The van der Waals surface area contributed by atoms with Crippen molar-refractivity contribution in [2.24, 2.45) is 0 Å². The standard InChI is InChI=1S/C14H24N2O2/c1-11(14(17-4)18-5)15-10-12-6-8-13(9-7-12)16(2)3/h6-9,11,14-15H,10H2,1-5H3. The monoisotopic (exact) mass is 252 g/mol. The molecule has 0 radical (unpaired) electrons. The number of ether oxygens (including phenoxy) is 2. The Hall–Kier alpha value is -1.10. The number of methoxy groups -OCH3 is 2. The lowest BCUT2D eigenvalue weighted by molar-refractivity contribution is -0.119. The second-order valence-electron chi connectivity index (χ2n) is 4.57. The van der Waals surface area contributed by atoms with Crippen LogP contribution in [0.2, 0.25) is 0 Å². The minimum atomic E-state index is -0.217. The molecule has 0 bridgehead atoms. The summed E-state index contributed by atoms with van der Waals surface area (Å²) in [6, 6.07) is 8.64. The molecule has 0 aromatic heterocycles. The Morgan fingerprint density at radius 1 is 1.11 bits per heavy atom. The van der Waals surface area contributed by atoms with E-state index in [2.05, 4.69) is 34.5 Å². The molecule has 1 atom stereocenters. The third kappa shape index (κ3) is 4.29. The number of nitrogens with zero attached hydrogens (tertiary/aromatic N) is 1. The lowest BCUT2D eigenvalue weighted by Gasteiger charge is -2.22. The number of anilines is 1. The molecule has 18 heavy (non-hydrogen) atoms. The summed E-state index contributed by atoms with van der Waals surface area (Å²) in [6.45, 7) is 2.85. The summed E-state index contributed by atoms with van der Waals surface area (Å²) in [5, 5.41) is 3.39. The Labute approximate surface area is 110 Å². The Kier molecular flexibility index (Phi) is 6.12. The quantitative estimate of drug-likeness (QED) is 0.751. The Morgan fingerprint density at radius 2 is 1.67 bits per heavy atom. The van der Waals surface area contributed by atoms with Crippen LogP contribution in [-0.2, 0) is 16.0 Å². The minimum Gasteiger partial charge on any atom is -0.378 e. The molecule has 0 spiro atoms. The van der Waals surface area contributed by atoms with E-state index in [4.69, 9.17) is 9.47 Å². The number of rotatable bonds is 7. The van der Waals surface area contributed by atoms with Gasteiger partial charge in [-0.2, -0.15) is 0 Å². The van der Waals surface area contributed by atoms with Gasteiger partial charge in [0.1, 0.15) is 0 Å². The maximum absolute atomic E-state index is 5.21. The van der Waals surface area contributed by atoms with Crippen molar-refractivity contribution in [2.75, 3.05) is 33.2 Å². The van der Waals surface area contributed by atoms with Crippen molar-refractivity contribution in [3.63, 3.8) is 0 Å². The van der Waals surface area contributed by atoms with Crippen LogP contribution in [0.5, 0.6) is 0 Å². The van der Waals surface area contributed by atoms with Crippen molar-refractivity contribution in [2.45, 2.75) is 25.8 Å². The average molecular weight is 252 g/mol. The highest BCUT2D eigenvalue weighted by atomic mass is 16.7. The SMILES string of the molecule is COC(OC)C(C)NCc1ccc(N(C)C)cc1. The molecule has 0 saturated heterocycles. The van der Waals surface area contributed by atoms with Crippen LogP contribution < -0.4 is 10.2 Å². The van der Waals surface area contributed by atoms with Gasteiger partial charge in [-0.3, -0.25) is 0 Å². The van der Waals surface area contributed by atoms with Crippen molar-refractivity contribution in [1.29, 1.82) is 0 Å². The fourth-order valence-corrected chi connectivity index (χ4v) is 1.79. The molecule has 0 fully saturated rings. The first-order valence-electron chi connectivity index (χ1n) is 6.13. The van der Waals surface area contributed by atoms with Gasteiger partial charge in [-0.25, -0.2) is 0 Å². The zero-order chi connectivity index (χ0) is 13.5. The van der Waals surface area contributed by atoms with Crippen molar-refractivity contribution in [3.8, 4) is 0 Å². The van der Waals surface area contributed by atoms with Gasteiger partial charge in [-0.1, -0.05) is 12.1 Å². The summed E-state index contributed by atoms with van der Waals surface area (Å²) in [5.41, 5.74) is 2.46. The number of benzene rings is 1. The molecule has 1 rings (SSSR count). The molecule has 0 aliphatic carbocycles. The topological polar surface area (TPSA) is 33.7 Å². The van der Waals surface area contributed by atoms with Crippen LogP contribution in [0.4, 0.5) is 5.69 Å². The highest BCUT2D eigenvalue weighted by molar-refractivity contribution is 5.45. The molecule has 1 aromatic rings. The summed E-state index contributed by atoms with van der Waals surface area (Å²) in [5.74, 6) is 0. The van der Waals surface area contributed by atoms with Gasteiger partial charge in [0.05, 0.1) is 6.04 Å². The van der Waals surface area contributed by atoms with Gasteiger partial charge in [-0.05, 0) is 24.6 Å². The van der Waals surface area contributed by atoms with Crippen molar-refractivity contribution >= 4 is 5.69 Å². The zero-order valence-corrected chi connectivity index (χ0v) is 11.9. The average Bonchev–Trinajstić information content (AvgIpc) is 2.38. The van der Waals surface area contributed by atoms with Crippen LogP contribution >= 0.6 is 0 Å². The summed E-state index contributed by atoms with van der Waals surface area (Å²) in [7, 11) is 7.38. The van der Waals surface area contributed by atoms with Crippen molar-refractivity contribution in [3.05, 3.63) is 29.8 Å². The molecule has 0 aliphatic rings. The number of hydrogen-bond acceptors (Lipinski definition) is 4. The van der Waals surface area contributed by atoms with Crippen LogP contribution in [-0.4, -0.2) is 40.6 Å². The van der Waals surface area contributed by atoms with Crippen LogP contribution in [0, 0.1) is 0 Å². The first kappa shape index (κ1) is 15.0. The smallest absolute Gasteiger partial charge is 0.171 e. The molecule has 1 unspecified atom stereocenters. The van der Waals surface area contributed by atoms with E-state index in [1.807, 2.05) is 21.0 Å². The van der Waals surface area contributed by atoms with E-state index in [1.54, 1.807) is 14.2 Å². The lowest BCUT2D eigenvalue weighted by atomic mass is 10.2. The molecule has 0 aliphatic heterocycles. The van der Waals surface area contributed by atoms with Gasteiger partial charge in [0, 0.05) is 40.5 Å². The van der Waals surface area contributed by atoms with Crippen LogP contribution in [0.25, 0.3) is 0 Å². The molecule has 102 valence electrons. The summed E-state index contributed by atoms with van der Waals surface area (Å²) in [6.07, 6.45) is -0.217. The van der Waals surface area contributed by atoms with Crippen molar-refractivity contribution < 1.29 is 9.47 Å². The summed E-state index contributed by atoms with van der Waals surface area (Å²) >= 11 is 0. The van der Waals surface area contributed by atoms with Crippen molar-refractivity contribution in [1.82, 2.24) is 5.32 Å². The first-order valence-corrected chi connectivity index (χ1v) is 6.13. The molecular weight excluding hydrogens is 228 g/mol. The largest absolute Gasteiger partial charge is 0.378 e. The Morgan fingerprint density at radius 3 is 2.11 bits per heavy atom. The highest BCUT2D eigenvalue weighted by Gasteiger charge is 2.14.